The molecule has 1 aromatic carbocycles. The average Bonchev–Trinajstić information content (AvgIpc) is 2.32. The van der Waals surface area contributed by atoms with Gasteiger partial charge < -0.3 is 5.73 Å². The van der Waals surface area contributed by atoms with Gasteiger partial charge in [-0.3, -0.25) is 0 Å². The Balaban J connectivity index is 2.40. The maximum Gasteiger partial charge on any atom is 0.215 e. The van der Waals surface area contributed by atoms with Gasteiger partial charge in [-0.05, 0) is 18.4 Å². The van der Waals surface area contributed by atoms with Gasteiger partial charge >= 0.3 is 0 Å². The van der Waals surface area contributed by atoms with E-state index in [1.165, 1.54) is 4.31 Å². The summed E-state index contributed by atoms with van der Waals surface area (Å²) in [6.45, 7) is 0.485. The topological polar surface area (TPSA) is 63.4 Å². The predicted molar refractivity (Wildman–Crippen MR) is 75.7 cm³/mol. The van der Waals surface area contributed by atoms with Crippen LogP contribution in [0.4, 0.5) is 0 Å². The molecular formula is C12H16N2O2S2. The molecule has 1 unspecified atom stereocenters. The number of rotatable bonds is 3. The minimum atomic E-state index is -3.25. The zero-order valence-corrected chi connectivity index (χ0v) is 11.6. The zero-order chi connectivity index (χ0) is 13.2. The third kappa shape index (κ3) is 2.71. The van der Waals surface area contributed by atoms with Gasteiger partial charge in [0.05, 0.1) is 16.8 Å². The Kier molecular flexibility index (Phi) is 3.99. The molecule has 0 bridgehead atoms. The number of thiocarbonyl (C=S) groups is 1. The van der Waals surface area contributed by atoms with Gasteiger partial charge in [-0.25, -0.2) is 8.42 Å². The van der Waals surface area contributed by atoms with E-state index in [0.29, 0.717) is 13.0 Å². The van der Waals surface area contributed by atoms with E-state index < -0.39 is 16.1 Å². The van der Waals surface area contributed by atoms with Crippen LogP contribution in [0.2, 0.25) is 0 Å². The Bertz CT molecular complexity index is 528. The molecule has 18 heavy (non-hydrogen) atoms. The predicted octanol–water partition coefficient (Wildman–Crippen LogP) is 1.44. The molecule has 2 N–H and O–H groups in total. The van der Waals surface area contributed by atoms with Gasteiger partial charge in [-0.2, -0.15) is 4.31 Å². The third-order valence-electron chi connectivity index (χ3n) is 3.06. The molecular weight excluding hydrogens is 268 g/mol. The standard InChI is InChI=1S/C12H16N2O2S2/c13-12(17)11(10-6-2-1-3-7-10)14-8-4-5-9-18(14,15)16/h1-3,6-7,11H,4-5,8-9H2,(H2,13,17). The molecule has 0 amide bonds. The molecule has 1 atom stereocenters. The first-order valence-electron chi connectivity index (χ1n) is 5.86. The van der Waals surface area contributed by atoms with Crippen molar-refractivity contribution in [2.24, 2.45) is 5.73 Å². The van der Waals surface area contributed by atoms with E-state index >= 15 is 0 Å². The fourth-order valence-corrected chi connectivity index (χ4v) is 4.30. The van der Waals surface area contributed by atoms with Crippen LogP contribution in [0.3, 0.4) is 0 Å². The molecule has 1 aliphatic heterocycles. The lowest BCUT2D eigenvalue weighted by atomic mass is 10.1. The molecule has 1 fully saturated rings. The van der Waals surface area contributed by atoms with Gasteiger partial charge in [-0.15, -0.1) is 0 Å². The van der Waals surface area contributed by atoms with E-state index in [9.17, 15) is 8.42 Å². The van der Waals surface area contributed by atoms with Crippen LogP contribution < -0.4 is 5.73 Å². The Morgan fingerprint density at radius 3 is 2.50 bits per heavy atom. The van der Waals surface area contributed by atoms with Crippen molar-refractivity contribution in [1.29, 1.82) is 0 Å². The van der Waals surface area contributed by atoms with E-state index in [1.807, 2.05) is 30.3 Å². The molecule has 1 aliphatic rings. The third-order valence-corrected chi connectivity index (χ3v) is 5.20. The van der Waals surface area contributed by atoms with E-state index in [4.69, 9.17) is 18.0 Å². The summed E-state index contributed by atoms with van der Waals surface area (Å²) in [6.07, 6.45) is 1.56. The highest BCUT2D eigenvalue weighted by Crippen LogP contribution is 2.27. The van der Waals surface area contributed by atoms with Crippen molar-refractivity contribution in [3.05, 3.63) is 35.9 Å². The van der Waals surface area contributed by atoms with Crippen LogP contribution in [0.25, 0.3) is 0 Å². The van der Waals surface area contributed by atoms with Crippen LogP contribution >= 0.6 is 12.2 Å². The minimum absolute atomic E-state index is 0.180. The monoisotopic (exact) mass is 284 g/mol. The first-order valence-corrected chi connectivity index (χ1v) is 7.88. The molecule has 0 aliphatic carbocycles. The lowest BCUT2D eigenvalue weighted by Gasteiger charge is -2.33. The number of benzene rings is 1. The molecule has 98 valence electrons. The summed E-state index contributed by atoms with van der Waals surface area (Å²) in [5, 5.41) is 0. The average molecular weight is 284 g/mol. The van der Waals surface area contributed by atoms with Crippen molar-refractivity contribution in [3.63, 3.8) is 0 Å². The van der Waals surface area contributed by atoms with Gasteiger partial charge in [0, 0.05) is 6.54 Å². The molecule has 0 spiro atoms. The Morgan fingerprint density at radius 1 is 1.28 bits per heavy atom. The molecule has 0 aromatic heterocycles. The highest BCUT2D eigenvalue weighted by molar-refractivity contribution is 7.89. The Labute approximate surface area is 113 Å². The second-order valence-electron chi connectivity index (χ2n) is 4.35. The minimum Gasteiger partial charge on any atom is -0.392 e. The second kappa shape index (κ2) is 5.34. The largest absolute Gasteiger partial charge is 0.392 e. The van der Waals surface area contributed by atoms with Crippen LogP contribution in [0, 0.1) is 0 Å². The van der Waals surface area contributed by atoms with Crippen molar-refractivity contribution in [3.8, 4) is 0 Å². The van der Waals surface area contributed by atoms with Crippen LogP contribution in [-0.2, 0) is 10.0 Å². The Hall–Kier alpha value is -0.980. The zero-order valence-electron chi connectivity index (χ0n) is 9.95. The summed E-state index contributed by atoms with van der Waals surface area (Å²) < 4.78 is 25.7. The first kappa shape index (κ1) is 13.5. The quantitative estimate of drug-likeness (QED) is 0.853. The van der Waals surface area contributed by atoms with Crippen LogP contribution in [0.1, 0.15) is 24.4 Å². The smallest absolute Gasteiger partial charge is 0.215 e. The lowest BCUT2D eigenvalue weighted by Crippen LogP contribution is -2.44. The van der Waals surface area contributed by atoms with Crippen LogP contribution in [0.5, 0.6) is 0 Å². The van der Waals surface area contributed by atoms with E-state index in [-0.39, 0.29) is 10.7 Å². The van der Waals surface area contributed by atoms with Gasteiger partial charge in [0.2, 0.25) is 10.0 Å². The van der Waals surface area contributed by atoms with Crippen molar-refractivity contribution < 1.29 is 8.42 Å². The normalized spacial score (nSPS) is 21.3. The fourth-order valence-electron chi connectivity index (χ4n) is 2.21. The molecule has 1 heterocycles. The lowest BCUT2D eigenvalue weighted by molar-refractivity contribution is 0.358. The maximum absolute atomic E-state index is 12.1. The van der Waals surface area contributed by atoms with E-state index in [0.717, 1.165) is 12.0 Å². The summed E-state index contributed by atoms with van der Waals surface area (Å²) in [5.74, 6) is 0.180. The number of nitrogens with two attached hydrogens (primary N) is 1. The first-order chi connectivity index (χ1) is 8.52. The van der Waals surface area contributed by atoms with Crippen LogP contribution in [0.15, 0.2) is 30.3 Å². The van der Waals surface area contributed by atoms with Gasteiger partial charge in [-0.1, -0.05) is 42.5 Å². The molecule has 2 rings (SSSR count). The number of hydrogen-bond acceptors (Lipinski definition) is 3. The number of hydrogen-bond donors (Lipinski definition) is 1. The highest BCUT2D eigenvalue weighted by atomic mass is 32.2. The molecule has 4 nitrogen and oxygen atoms in total. The summed E-state index contributed by atoms with van der Waals surface area (Å²) in [4.78, 5) is 0.201. The molecule has 0 saturated carbocycles. The second-order valence-corrected chi connectivity index (χ2v) is 6.86. The maximum atomic E-state index is 12.1. The summed E-state index contributed by atoms with van der Waals surface area (Å²) in [7, 11) is -3.25. The molecule has 6 heteroatoms. The van der Waals surface area contributed by atoms with Crippen molar-refractivity contribution in [1.82, 2.24) is 4.31 Å². The van der Waals surface area contributed by atoms with Crippen molar-refractivity contribution >= 4 is 27.2 Å². The van der Waals surface area contributed by atoms with Gasteiger partial charge in [0.25, 0.3) is 0 Å². The Morgan fingerprint density at radius 2 is 1.94 bits per heavy atom. The molecule has 1 aromatic rings. The fraction of sp³-hybridized carbons (Fsp3) is 0.417. The van der Waals surface area contributed by atoms with Gasteiger partial charge in [0.1, 0.15) is 0 Å². The number of sulfonamides is 1. The summed E-state index contributed by atoms with van der Waals surface area (Å²) in [6, 6.07) is 8.78. The van der Waals surface area contributed by atoms with Crippen LogP contribution in [-0.4, -0.2) is 30.0 Å². The van der Waals surface area contributed by atoms with Crippen molar-refractivity contribution in [2.75, 3.05) is 12.3 Å². The van der Waals surface area contributed by atoms with Gasteiger partial charge in [0.15, 0.2) is 0 Å². The van der Waals surface area contributed by atoms with E-state index in [1.54, 1.807) is 0 Å². The molecule has 0 radical (unpaired) electrons. The SMILES string of the molecule is NC(=S)C(c1ccccc1)N1CCCCS1(=O)=O. The van der Waals surface area contributed by atoms with Crippen molar-refractivity contribution in [2.45, 2.75) is 18.9 Å². The summed E-state index contributed by atoms with van der Waals surface area (Å²) >= 11 is 5.05. The van der Waals surface area contributed by atoms with E-state index in [2.05, 4.69) is 0 Å². The summed E-state index contributed by atoms with van der Waals surface area (Å²) in [5.41, 5.74) is 6.58. The highest BCUT2D eigenvalue weighted by Gasteiger charge is 2.34. The number of nitrogens with zero attached hydrogens (tertiary/aromatic N) is 1. The molecule has 1 saturated heterocycles.